The van der Waals surface area contributed by atoms with E-state index in [0.717, 1.165) is 43.4 Å². The standard InChI is InChI=1S/C20H20F3N5/c21-20(22,23)17-10-16(6-5-14(17)11-24)28-9-1-2-15(12-28)26-18-7-8-25-19(27-18)13-3-4-13/h5-8,10,13,15H,1-4,9,12H2,(H,25,26,27). The predicted octanol–water partition coefficient (Wildman–Crippen LogP) is 4.33. The van der Waals surface area contributed by atoms with Crippen molar-refractivity contribution in [2.24, 2.45) is 0 Å². The lowest BCUT2D eigenvalue weighted by atomic mass is 10.0. The molecule has 4 rings (SSSR count). The van der Waals surface area contributed by atoms with Gasteiger partial charge in [-0.05, 0) is 49.9 Å². The van der Waals surface area contributed by atoms with Crippen LogP contribution in [0.25, 0.3) is 0 Å². The third-order valence-electron chi connectivity index (χ3n) is 5.18. The summed E-state index contributed by atoms with van der Waals surface area (Å²) in [6, 6.07) is 7.46. The largest absolute Gasteiger partial charge is 0.417 e. The smallest absolute Gasteiger partial charge is 0.369 e. The van der Waals surface area contributed by atoms with Gasteiger partial charge >= 0.3 is 6.18 Å². The highest BCUT2D eigenvalue weighted by molar-refractivity contribution is 5.55. The maximum absolute atomic E-state index is 13.3. The second kappa shape index (κ2) is 7.30. The van der Waals surface area contributed by atoms with Crippen LogP contribution in [0, 0.1) is 11.3 Å². The van der Waals surface area contributed by atoms with Gasteiger partial charge in [-0.3, -0.25) is 0 Å². The monoisotopic (exact) mass is 387 g/mol. The van der Waals surface area contributed by atoms with Crippen LogP contribution in [-0.2, 0) is 6.18 Å². The number of halogens is 3. The van der Waals surface area contributed by atoms with Crippen LogP contribution in [0.2, 0.25) is 0 Å². The van der Waals surface area contributed by atoms with Gasteiger partial charge in [-0.2, -0.15) is 18.4 Å². The molecule has 0 radical (unpaired) electrons. The molecule has 2 heterocycles. The Labute approximate surface area is 161 Å². The summed E-state index contributed by atoms with van der Waals surface area (Å²) in [5, 5.41) is 12.4. The maximum atomic E-state index is 13.3. The zero-order valence-electron chi connectivity index (χ0n) is 15.2. The lowest BCUT2D eigenvalue weighted by Crippen LogP contribution is -2.42. The number of piperidine rings is 1. The van der Waals surface area contributed by atoms with E-state index in [4.69, 9.17) is 5.26 Å². The number of hydrogen-bond donors (Lipinski definition) is 1. The summed E-state index contributed by atoms with van der Waals surface area (Å²) < 4.78 is 39.8. The fourth-order valence-corrected chi connectivity index (χ4v) is 3.59. The van der Waals surface area contributed by atoms with E-state index in [1.807, 2.05) is 11.0 Å². The van der Waals surface area contributed by atoms with E-state index < -0.39 is 11.7 Å². The minimum atomic E-state index is -4.55. The molecule has 2 aromatic rings. The van der Waals surface area contributed by atoms with Crippen LogP contribution in [-0.4, -0.2) is 29.1 Å². The van der Waals surface area contributed by atoms with Gasteiger partial charge in [0, 0.05) is 36.9 Å². The van der Waals surface area contributed by atoms with Gasteiger partial charge < -0.3 is 10.2 Å². The summed E-state index contributed by atoms with van der Waals surface area (Å²) in [6.07, 6.45) is 1.23. The van der Waals surface area contributed by atoms with Crippen LogP contribution >= 0.6 is 0 Å². The van der Waals surface area contributed by atoms with E-state index in [0.29, 0.717) is 24.7 Å². The molecule has 1 atom stereocenters. The number of rotatable bonds is 4. The Kier molecular flexibility index (Phi) is 4.84. The van der Waals surface area contributed by atoms with Crippen LogP contribution in [0.5, 0.6) is 0 Å². The highest BCUT2D eigenvalue weighted by Gasteiger charge is 2.34. The van der Waals surface area contributed by atoms with Crippen molar-refractivity contribution in [3.8, 4) is 6.07 Å². The zero-order chi connectivity index (χ0) is 19.7. The minimum absolute atomic E-state index is 0.0840. The minimum Gasteiger partial charge on any atom is -0.369 e. The third-order valence-corrected chi connectivity index (χ3v) is 5.18. The van der Waals surface area contributed by atoms with Crippen LogP contribution in [0.15, 0.2) is 30.5 Å². The van der Waals surface area contributed by atoms with Gasteiger partial charge in [-0.25, -0.2) is 9.97 Å². The van der Waals surface area contributed by atoms with Gasteiger partial charge in [0.15, 0.2) is 0 Å². The molecule has 2 aliphatic rings. The molecule has 1 aromatic carbocycles. The Morgan fingerprint density at radius 1 is 1.18 bits per heavy atom. The van der Waals surface area contributed by atoms with Gasteiger partial charge in [0.1, 0.15) is 11.6 Å². The summed E-state index contributed by atoms with van der Waals surface area (Å²) in [4.78, 5) is 10.8. The van der Waals surface area contributed by atoms with Crippen molar-refractivity contribution in [3.63, 3.8) is 0 Å². The summed E-state index contributed by atoms with van der Waals surface area (Å²) in [7, 11) is 0. The van der Waals surface area contributed by atoms with Gasteiger partial charge in [0.25, 0.3) is 0 Å². The van der Waals surface area contributed by atoms with E-state index in [1.165, 1.54) is 6.07 Å². The second-order valence-electron chi connectivity index (χ2n) is 7.34. The number of alkyl halides is 3. The average molecular weight is 387 g/mol. The molecule has 28 heavy (non-hydrogen) atoms. The van der Waals surface area contributed by atoms with Crippen molar-refractivity contribution in [1.82, 2.24) is 9.97 Å². The molecular formula is C20H20F3N5. The summed E-state index contributed by atoms with van der Waals surface area (Å²) >= 11 is 0. The SMILES string of the molecule is N#Cc1ccc(N2CCCC(Nc3ccnc(C4CC4)n3)C2)cc1C(F)(F)F. The number of nitriles is 1. The van der Waals surface area contributed by atoms with E-state index >= 15 is 0 Å². The Morgan fingerprint density at radius 3 is 2.71 bits per heavy atom. The molecule has 1 saturated heterocycles. The highest BCUT2D eigenvalue weighted by Crippen LogP contribution is 2.38. The molecule has 1 N–H and O–H groups in total. The number of nitrogens with zero attached hydrogens (tertiary/aromatic N) is 4. The number of anilines is 2. The first-order valence-corrected chi connectivity index (χ1v) is 9.40. The van der Waals surface area contributed by atoms with Crippen molar-refractivity contribution in [2.75, 3.05) is 23.3 Å². The highest BCUT2D eigenvalue weighted by atomic mass is 19.4. The third kappa shape index (κ3) is 4.03. The Morgan fingerprint density at radius 2 is 2.00 bits per heavy atom. The molecule has 0 spiro atoms. The molecule has 2 fully saturated rings. The van der Waals surface area contributed by atoms with E-state index in [2.05, 4.69) is 15.3 Å². The van der Waals surface area contributed by atoms with Crippen LogP contribution in [0.4, 0.5) is 24.7 Å². The topological polar surface area (TPSA) is 64.8 Å². The number of benzene rings is 1. The molecule has 1 unspecified atom stereocenters. The summed E-state index contributed by atoms with van der Waals surface area (Å²) in [5.74, 6) is 2.09. The number of nitrogens with one attached hydrogen (secondary N) is 1. The maximum Gasteiger partial charge on any atom is 0.417 e. The molecule has 1 aromatic heterocycles. The van der Waals surface area contributed by atoms with Crippen molar-refractivity contribution >= 4 is 11.5 Å². The van der Waals surface area contributed by atoms with Gasteiger partial charge in [-0.1, -0.05) is 0 Å². The van der Waals surface area contributed by atoms with E-state index in [9.17, 15) is 13.2 Å². The van der Waals surface area contributed by atoms with Crippen molar-refractivity contribution < 1.29 is 13.2 Å². The van der Waals surface area contributed by atoms with Crippen molar-refractivity contribution in [2.45, 2.75) is 43.8 Å². The quantitative estimate of drug-likeness (QED) is 0.846. The van der Waals surface area contributed by atoms with Gasteiger partial charge in [-0.15, -0.1) is 0 Å². The second-order valence-corrected chi connectivity index (χ2v) is 7.34. The first kappa shape index (κ1) is 18.5. The predicted molar refractivity (Wildman–Crippen MR) is 99.0 cm³/mol. The summed E-state index contributed by atoms with van der Waals surface area (Å²) in [6.45, 7) is 1.25. The fourth-order valence-electron chi connectivity index (χ4n) is 3.59. The fraction of sp³-hybridized carbons (Fsp3) is 0.450. The molecule has 0 bridgehead atoms. The normalized spacial score (nSPS) is 19.9. The number of aromatic nitrogens is 2. The average Bonchev–Trinajstić information content (AvgIpc) is 3.53. The van der Waals surface area contributed by atoms with Crippen molar-refractivity contribution in [1.29, 1.82) is 5.26 Å². The Balaban J connectivity index is 1.49. The Bertz CT molecular complexity index is 901. The van der Waals surface area contributed by atoms with Gasteiger partial charge in [0.2, 0.25) is 0 Å². The molecule has 1 saturated carbocycles. The first-order valence-electron chi connectivity index (χ1n) is 9.40. The number of hydrogen-bond acceptors (Lipinski definition) is 5. The first-order chi connectivity index (χ1) is 13.4. The molecule has 8 heteroatoms. The summed E-state index contributed by atoms with van der Waals surface area (Å²) in [5.41, 5.74) is -0.747. The van der Waals surface area contributed by atoms with E-state index in [1.54, 1.807) is 18.3 Å². The molecule has 146 valence electrons. The molecule has 1 aliphatic carbocycles. The molecular weight excluding hydrogens is 367 g/mol. The van der Waals surface area contributed by atoms with Crippen LogP contribution < -0.4 is 10.2 Å². The lowest BCUT2D eigenvalue weighted by molar-refractivity contribution is -0.137. The van der Waals surface area contributed by atoms with Crippen LogP contribution in [0.1, 0.15) is 48.6 Å². The molecule has 1 aliphatic heterocycles. The zero-order valence-corrected chi connectivity index (χ0v) is 15.2. The molecule has 0 amide bonds. The lowest BCUT2D eigenvalue weighted by Gasteiger charge is -2.35. The van der Waals surface area contributed by atoms with E-state index in [-0.39, 0.29) is 11.6 Å². The van der Waals surface area contributed by atoms with Crippen LogP contribution in [0.3, 0.4) is 0 Å². The Hall–Kier alpha value is -2.82. The van der Waals surface area contributed by atoms with Crippen molar-refractivity contribution in [3.05, 3.63) is 47.4 Å². The molecule has 5 nitrogen and oxygen atoms in total. The van der Waals surface area contributed by atoms with Gasteiger partial charge in [0.05, 0.1) is 17.2 Å².